The Kier molecular flexibility index (Phi) is 6.40. The molecule has 2 N–H and O–H groups in total. The van der Waals surface area contributed by atoms with Crippen LogP contribution in [-0.4, -0.2) is 23.0 Å². The van der Waals surface area contributed by atoms with Gasteiger partial charge in [0.1, 0.15) is 5.02 Å². The van der Waals surface area contributed by atoms with Gasteiger partial charge in [-0.3, -0.25) is 19.7 Å². The number of hydrogen-bond acceptors (Lipinski definition) is 5. The van der Waals surface area contributed by atoms with E-state index in [-0.39, 0.29) is 16.6 Å². The fourth-order valence-corrected chi connectivity index (χ4v) is 2.12. The van der Waals surface area contributed by atoms with Crippen LogP contribution in [0.1, 0.15) is 29.3 Å². The van der Waals surface area contributed by atoms with Gasteiger partial charge in [-0.1, -0.05) is 24.6 Å². The maximum atomic E-state index is 12.0. The van der Waals surface area contributed by atoms with Crippen molar-refractivity contribution in [1.82, 2.24) is 5.43 Å². The van der Waals surface area contributed by atoms with Gasteiger partial charge < -0.3 is 5.32 Å². The molecule has 0 bridgehead atoms. The second kappa shape index (κ2) is 8.72. The molecule has 0 aliphatic carbocycles. The van der Waals surface area contributed by atoms with E-state index >= 15 is 0 Å². The first-order valence-corrected chi connectivity index (χ1v) is 7.95. The number of halogens is 1. The summed E-state index contributed by atoms with van der Waals surface area (Å²) in [6.07, 6.45) is 1.64. The van der Waals surface area contributed by atoms with E-state index in [0.29, 0.717) is 23.2 Å². The highest BCUT2D eigenvalue weighted by Crippen LogP contribution is 2.24. The number of nitro groups is 1. The smallest absolute Gasteiger partial charge is 0.288 e. The number of carbonyl (C=O) groups excluding carboxylic acids is 2. The number of nitrogens with zero attached hydrogens (tertiary/aromatic N) is 2. The molecule has 2 amide bonds. The van der Waals surface area contributed by atoms with Crippen molar-refractivity contribution in [2.24, 2.45) is 5.10 Å². The Morgan fingerprint density at radius 2 is 1.92 bits per heavy atom. The maximum absolute atomic E-state index is 12.0. The second-order valence-electron chi connectivity index (χ2n) is 5.15. The van der Waals surface area contributed by atoms with Crippen LogP contribution in [-0.2, 0) is 4.79 Å². The number of amides is 2. The first-order valence-electron chi connectivity index (χ1n) is 7.58. The molecule has 0 unspecified atom stereocenters. The molecule has 0 radical (unpaired) electrons. The van der Waals surface area contributed by atoms with E-state index in [1.165, 1.54) is 24.4 Å². The van der Waals surface area contributed by atoms with Gasteiger partial charge in [0.25, 0.3) is 11.6 Å². The minimum atomic E-state index is -0.600. The summed E-state index contributed by atoms with van der Waals surface area (Å²) in [6.45, 7) is 1.74. The molecule has 2 aromatic rings. The van der Waals surface area contributed by atoms with Gasteiger partial charge in [-0.05, 0) is 30.3 Å². The van der Waals surface area contributed by atoms with Gasteiger partial charge in [-0.15, -0.1) is 0 Å². The third kappa shape index (κ3) is 5.12. The summed E-state index contributed by atoms with van der Waals surface area (Å²) in [7, 11) is 0. The van der Waals surface area contributed by atoms with Crippen molar-refractivity contribution in [3.63, 3.8) is 0 Å². The number of hydrogen-bond donors (Lipinski definition) is 2. The molecule has 0 atom stereocenters. The Labute approximate surface area is 154 Å². The summed E-state index contributed by atoms with van der Waals surface area (Å²) in [5.74, 6) is -0.582. The van der Waals surface area contributed by atoms with Crippen molar-refractivity contribution >= 4 is 41.0 Å². The van der Waals surface area contributed by atoms with Crippen LogP contribution in [0.4, 0.5) is 11.4 Å². The molecule has 26 heavy (non-hydrogen) atoms. The number of nitrogens with one attached hydrogen (secondary N) is 2. The van der Waals surface area contributed by atoms with E-state index in [4.69, 9.17) is 11.6 Å². The normalized spacial score (nSPS) is 10.5. The average molecular weight is 375 g/mol. The Morgan fingerprint density at radius 1 is 1.23 bits per heavy atom. The van der Waals surface area contributed by atoms with Crippen molar-refractivity contribution in [3.8, 4) is 0 Å². The van der Waals surface area contributed by atoms with Crippen molar-refractivity contribution in [2.45, 2.75) is 13.3 Å². The number of anilines is 1. The molecule has 0 fully saturated rings. The largest absolute Gasteiger partial charge is 0.326 e. The zero-order chi connectivity index (χ0) is 19.1. The third-order valence-electron chi connectivity index (χ3n) is 3.30. The summed E-state index contributed by atoms with van der Waals surface area (Å²) in [6, 6.07) is 10.5. The van der Waals surface area contributed by atoms with Gasteiger partial charge in [-0.2, -0.15) is 5.10 Å². The quantitative estimate of drug-likeness (QED) is 0.458. The first-order chi connectivity index (χ1) is 12.4. The van der Waals surface area contributed by atoms with Crippen LogP contribution in [0.5, 0.6) is 0 Å². The number of benzene rings is 2. The number of rotatable bonds is 6. The van der Waals surface area contributed by atoms with Crippen LogP contribution in [0.2, 0.25) is 5.02 Å². The van der Waals surface area contributed by atoms with Crippen LogP contribution < -0.4 is 10.7 Å². The van der Waals surface area contributed by atoms with E-state index in [0.717, 1.165) is 0 Å². The molecule has 0 aliphatic rings. The van der Waals surface area contributed by atoms with E-state index in [2.05, 4.69) is 15.8 Å². The zero-order valence-corrected chi connectivity index (χ0v) is 14.5. The average Bonchev–Trinajstić information content (AvgIpc) is 2.63. The van der Waals surface area contributed by atoms with Gasteiger partial charge in [0.15, 0.2) is 0 Å². The van der Waals surface area contributed by atoms with Crippen LogP contribution in [0.3, 0.4) is 0 Å². The van der Waals surface area contributed by atoms with Crippen LogP contribution in [0, 0.1) is 10.1 Å². The summed E-state index contributed by atoms with van der Waals surface area (Å²) in [4.78, 5) is 33.6. The number of carbonyl (C=O) groups is 2. The molecular formula is C17H15ClN4O4. The minimum absolute atomic E-state index is 0.0199. The summed E-state index contributed by atoms with van der Waals surface area (Å²) >= 11 is 5.73. The van der Waals surface area contributed by atoms with Crippen LogP contribution in [0.25, 0.3) is 0 Å². The predicted octanol–water partition coefficient (Wildman–Crippen LogP) is 3.36. The molecule has 0 saturated carbocycles. The van der Waals surface area contributed by atoms with E-state index in [1.807, 2.05) is 0 Å². The van der Waals surface area contributed by atoms with Crippen molar-refractivity contribution in [2.75, 3.05) is 5.32 Å². The Morgan fingerprint density at radius 3 is 2.54 bits per heavy atom. The molecule has 0 saturated heterocycles. The highest BCUT2D eigenvalue weighted by atomic mass is 35.5. The van der Waals surface area contributed by atoms with E-state index in [9.17, 15) is 19.7 Å². The van der Waals surface area contributed by atoms with Gasteiger partial charge in [0, 0.05) is 29.3 Å². The standard InChI is InChI=1S/C17H15ClN4O4/c1-2-16(23)20-13-6-4-12(5-7-13)17(24)21-19-10-11-3-8-14(18)15(9-11)22(25)26/h3-10H,2H2,1H3,(H,20,23)(H,21,24)/b19-10+. The van der Waals surface area contributed by atoms with Gasteiger partial charge >= 0.3 is 0 Å². The first kappa shape index (κ1) is 19.1. The zero-order valence-electron chi connectivity index (χ0n) is 13.7. The minimum Gasteiger partial charge on any atom is -0.326 e. The molecule has 134 valence electrons. The lowest BCUT2D eigenvalue weighted by Crippen LogP contribution is -2.17. The molecule has 8 nitrogen and oxygen atoms in total. The predicted molar refractivity (Wildman–Crippen MR) is 98.5 cm³/mol. The topological polar surface area (TPSA) is 114 Å². The highest BCUT2D eigenvalue weighted by Gasteiger charge is 2.12. The molecule has 0 aromatic heterocycles. The third-order valence-corrected chi connectivity index (χ3v) is 3.62. The van der Waals surface area contributed by atoms with Gasteiger partial charge in [0.05, 0.1) is 11.1 Å². The van der Waals surface area contributed by atoms with Crippen LogP contribution >= 0.6 is 11.6 Å². The lowest BCUT2D eigenvalue weighted by Gasteiger charge is -2.04. The molecule has 2 rings (SSSR count). The molecule has 9 heteroatoms. The number of nitro benzene ring substituents is 1. The highest BCUT2D eigenvalue weighted by molar-refractivity contribution is 6.32. The van der Waals surface area contributed by atoms with Gasteiger partial charge in [0.2, 0.25) is 5.91 Å². The molecule has 2 aromatic carbocycles. The summed E-state index contributed by atoms with van der Waals surface area (Å²) < 4.78 is 0. The van der Waals surface area contributed by atoms with Crippen LogP contribution in [0.15, 0.2) is 47.6 Å². The SMILES string of the molecule is CCC(=O)Nc1ccc(C(=O)N/N=C/c2ccc(Cl)c([N+](=O)[O-])c2)cc1. The Balaban J connectivity index is 2.00. The Bertz CT molecular complexity index is 866. The lowest BCUT2D eigenvalue weighted by atomic mass is 10.2. The second-order valence-corrected chi connectivity index (χ2v) is 5.55. The summed E-state index contributed by atoms with van der Waals surface area (Å²) in [5.41, 5.74) is 3.43. The van der Waals surface area contributed by atoms with E-state index in [1.54, 1.807) is 31.2 Å². The molecule has 0 heterocycles. The molecule has 0 spiro atoms. The lowest BCUT2D eigenvalue weighted by molar-refractivity contribution is -0.384. The Hall–Kier alpha value is -3.26. The molecular weight excluding hydrogens is 360 g/mol. The summed E-state index contributed by atoms with van der Waals surface area (Å²) in [5, 5.41) is 17.3. The fourth-order valence-electron chi connectivity index (χ4n) is 1.93. The van der Waals surface area contributed by atoms with Crippen molar-refractivity contribution < 1.29 is 14.5 Å². The monoisotopic (exact) mass is 374 g/mol. The maximum Gasteiger partial charge on any atom is 0.288 e. The van der Waals surface area contributed by atoms with Crippen molar-refractivity contribution in [1.29, 1.82) is 0 Å². The number of hydrazone groups is 1. The van der Waals surface area contributed by atoms with Crippen molar-refractivity contribution in [3.05, 3.63) is 68.7 Å². The van der Waals surface area contributed by atoms with Gasteiger partial charge in [-0.25, -0.2) is 5.43 Å². The molecule has 0 aliphatic heterocycles. The van der Waals surface area contributed by atoms with E-state index < -0.39 is 10.8 Å². The fraction of sp³-hybridized carbons (Fsp3) is 0.118.